The Hall–Kier alpha value is -1.15. The minimum atomic E-state index is -0.737. The van der Waals surface area contributed by atoms with Gasteiger partial charge in [-0.25, -0.2) is 4.79 Å². The molecular weight excluding hydrogens is 342 g/mol. The van der Waals surface area contributed by atoms with E-state index in [1.807, 2.05) is 0 Å². The molecule has 0 unspecified atom stereocenters. The number of rotatable bonds is 0. The van der Waals surface area contributed by atoms with Crippen LogP contribution in [0.5, 0.6) is 0 Å². The van der Waals surface area contributed by atoms with E-state index in [1.54, 1.807) is 12.1 Å². The minimum absolute atomic E-state index is 0. The van der Waals surface area contributed by atoms with E-state index >= 15 is 0 Å². The van der Waals surface area contributed by atoms with Crippen molar-refractivity contribution in [2.24, 2.45) is 0 Å². The van der Waals surface area contributed by atoms with E-state index in [4.69, 9.17) is 0 Å². The zero-order valence-corrected chi connectivity index (χ0v) is 9.30. The molecule has 13 heavy (non-hydrogen) atoms. The van der Waals surface area contributed by atoms with E-state index in [0.717, 1.165) is 0 Å². The summed E-state index contributed by atoms with van der Waals surface area (Å²) >= 11 is 0. The Kier molecular flexibility index (Phi) is 2.83. The SMILES string of the molecule is O=c1[nH]c2cc[c-]cc2c(=O)o1.[W]. The molecule has 2 rings (SSSR count). The maximum Gasteiger partial charge on any atom is 0.417 e. The van der Waals surface area contributed by atoms with Crippen molar-refractivity contribution < 1.29 is 25.5 Å². The van der Waals surface area contributed by atoms with Crippen LogP contribution in [0.4, 0.5) is 0 Å². The molecule has 0 amide bonds. The van der Waals surface area contributed by atoms with Crippen molar-refractivity contribution in [3.05, 3.63) is 45.2 Å². The molecule has 5 heteroatoms. The molecule has 1 heterocycles. The largest absolute Gasteiger partial charge is 0.417 e. The summed E-state index contributed by atoms with van der Waals surface area (Å²) in [6.07, 6.45) is 0. The van der Waals surface area contributed by atoms with E-state index < -0.39 is 11.4 Å². The number of hydrogen-bond acceptors (Lipinski definition) is 3. The van der Waals surface area contributed by atoms with Crippen LogP contribution in [0.2, 0.25) is 0 Å². The number of aromatic amines is 1. The van der Waals surface area contributed by atoms with Crippen molar-refractivity contribution in [2.45, 2.75) is 0 Å². The van der Waals surface area contributed by atoms with Gasteiger partial charge in [0, 0.05) is 21.1 Å². The number of nitrogens with one attached hydrogen (secondary N) is 1. The summed E-state index contributed by atoms with van der Waals surface area (Å²) in [5.74, 6) is -0.737. The second kappa shape index (κ2) is 3.71. The van der Waals surface area contributed by atoms with Crippen LogP contribution in [0.1, 0.15) is 0 Å². The molecule has 0 spiro atoms. The summed E-state index contributed by atoms with van der Waals surface area (Å²) in [5, 5.41) is 0.331. The second-order valence-corrected chi connectivity index (χ2v) is 2.27. The molecular formula is C8H4NO3W-. The van der Waals surface area contributed by atoms with Gasteiger partial charge in [0.05, 0.1) is 0 Å². The Bertz CT molecular complexity index is 528. The number of hydrogen-bond donors (Lipinski definition) is 1. The van der Waals surface area contributed by atoms with Crippen LogP contribution >= 0.6 is 0 Å². The molecule has 0 saturated carbocycles. The number of benzene rings is 1. The van der Waals surface area contributed by atoms with Crippen LogP contribution in [0, 0.1) is 6.07 Å². The Morgan fingerprint density at radius 2 is 2.15 bits per heavy atom. The third-order valence-electron chi connectivity index (χ3n) is 1.51. The first-order chi connectivity index (χ1) is 5.77. The average Bonchev–Trinajstić information content (AvgIpc) is 2.04. The maximum atomic E-state index is 11.0. The predicted octanol–water partition coefficient (Wildman–Crippen LogP) is 0.279. The van der Waals surface area contributed by atoms with Gasteiger partial charge in [-0.3, -0.25) is 4.79 Å². The van der Waals surface area contributed by atoms with E-state index in [0.29, 0.717) is 10.9 Å². The van der Waals surface area contributed by atoms with Gasteiger partial charge in [-0.1, -0.05) is 5.52 Å². The van der Waals surface area contributed by atoms with E-state index in [1.165, 1.54) is 6.07 Å². The Morgan fingerprint density at radius 1 is 1.38 bits per heavy atom. The zero-order valence-electron chi connectivity index (χ0n) is 6.37. The number of H-pyrrole nitrogens is 1. The molecule has 4 nitrogen and oxygen atoms in total. The van der Waals surface area contributed by atoms with Crippen LogP contribution in [-0.4, -0.2) is 4.98 Å². The molecule has 0 bridgehead atoms. The van der Waals surface area contributed by atoms with Crippen molar-refractivity contribution in [3.8, 4) is 0 Å². The van der Waals surface area contributed by atoms with E-state index in [2.05, 4.69) is 15.5 Å². The van der Waals surface area contributed by atoms with Crippen LogP contribution in [0.25, 0.3) is 10.9 Å². The molecule has 2 aromatic rings. The first-order valence-corrected chi connectivity index (χ1v) is 3.30. The molecule has 0 atom stereocenters. The predicted molar refractivity (Wildman–Crippen MR) is 41.9 cm³/mol. The topological polar surface area (TPSA) is 63.1 Å². The summed E-state index contributed by atoms with van der Waals surface area (Å²) in [7, 11) is 0. The maximum absolute atomic E-state index is 11.0. The first-order valence-electron chi connectivity index (χ1n) is 3.30. The van der Waals surface area contributed by atoms with E-state index in [-0.39, 0.29) is 21.1 Å². The average molecular weight is 346 g/mol. The van der Waals surface area contributed by atoms with Gasteiger partial charge in [0.25, 0.3) is 5.63 Å². The normalized spacial score (nSPS) is 9.54. The van der Waals surface area contributed by atoms with Crippen molar-refractivity contribution in [1.29, 1.82) is 0 Å². The fraction of sp³-hybridized carbons (Fsp3) is 0. The first kappa shape index (κ1) is 9.93. The smallest absolute Gasteiger partial charge is 0.382 e. The number of aromatic nitrogens is 1. The Morgan fingerprint density at radius 3 is 2.92 bits per heavy atom. The van der Waals surface area contributed by atoms with Crippen LogP contribution in [-0.2, 0) is 21.1 Å². The summed E-state index contributed by atoms with van der Waals surface area (Å²) in [4.78, 5) is 24.1. The molecule has 0 fully saturated rings. The molecule has 0 aliphatic rings. The van der Waals surface area contributed by atoms with Crippen LogP contribution < -0.4 is 11.4 Å². The van der Waals surface area contributed by atoms with Crippen molar-refractivity contribution in [3.63, 3.8) is 0 Å². The van der Waals surface area contributed by atoms with Crippen LogP contribution in [0.15, 0.2) is 32.2 Å². The fourth-order valence-corrected chi connectivity index (χ4v) is 0.983. The van der Waals surface area contributed by atoms with Gasteiger partial charge in [-0.2, -0.15) is 18.2 Å². The van der Waals surface area contributed by atoms with Gasteiger partial charge in [-0.15, -0.1) is 6.07 Å². The minimum Gasteiger partial charge on any atom is -0.382 e. The monoisotopic (exact) mass is 346 g/mol. The molecule has 0 radical (unpaired) electrons. The summed E-state index contributed by atoms with van der Waals surface area (Å²) in [5.41, 5.74) is -0.166. The Labute approximate surface area is 86.8 Å². The molecule has 66 valence electrons. The zero-order chi connectivity index (χ0) is 8.55. The molecule has 1 aromatic carbocycles. The second-order valence-electron chi connectivity index (χ2n) is 2.27. The van der Waals surface area contributed by atoms with Crippen molar-refractivity contribution in [2.75, 3.05) is 0 Å². The van der Waals surface area contributed by atoms with Gasteiger partial charge in [-0.05, 0) is 5.39 Å². The fourth-order valence-electron chi connectivity index (χ4n) is 0.983. The van der Waals surface area contributed by atoms with Gasteiger partial charge >= 0.3 is 5.76 Å². The van der Waals surface area contributed by atoms with Gasteiger partial charge < -0.3 is 9.40 Å². The quantitative estimate of drug-likeness (QED) is 0.697. The third kappa shape index (κ3) is 1.78. The molecule has 0 aliphatic heterocycles. The third-order valence-corrected chi connectivity index (χ3v) is 1.51. The number of fused-ring (bicyclic) bond motifs is 1. The van der Waals surface area contributed by atoms with Gasteiger partial charge in [0.2, 0.25) is 0 Å². The van der Waals surface area contributed by atoms with Crippen molar-refractivity contribution >= 4 is 10.9 Å². The van der Waals surface area contributed by atoms with Crippen molar-refractivity contribution in [1.82, 2.24) is 4.98 Å². The molecule has 0 saturated heterocycles. The van der Waals surface area contributed by atoms with Gasteiger partial charge in [0.15, 0.2) is 0 Å². The Balaban J connectivity index is 0.000000845. The standard InChI is InChI=1S/C8H4NO3.W/c10-7-5-3-1-2-4-6(5)9-8(11)12-7;/h2-4H,(H,9,11);/q-1;. The molecule has 1 aromatic heterocycles. The van der Waals surface area contributed by atoms with E-state index in [9.17, 15) is 9.59 Å². The summed E-state index contributed by atoms with van der Waals surface area (Å²) in [6.45, 7) is 0. The summed E-state index contributed by atoms with van der Waals surface area (Å²) in [6, 6.07) is 7.38. The molecule has 0 aliphatic carbocycles. The summed E-state index contributed by atoms with van der Waals surface area (Å²) < 4.78 is 4.30. The van der Waals surface area contributed by atoms with Gasteiger partial charge in [0.1, 0.15) is 0 Å². The van der Waals surface area contributed by atoms with Crippen LogP contribution in [0.3, 0.4) is 0 Å². The molecule has 1 N–H and O–H groups in total.